The zero-order valence-electron chi connectivity index (χ0n) is 11.1. The van der Waals surface area contributed by atoms with Crippen LogP contribution in [0, 0.1) is 10.8 Å². The minimum absolute atomic E-state index is 0.0122. The van der Waals surface area contributed by atoms with E-state index in [2.05, 4.69) is 46.4 Å². The van der Waals surface area contributed by atoms with E-state index in [1.807, 2.05) is 0 Å². The molecule has 0 radical (unpaired) electrons. The Hall–Kier alpha value is -0.0151. The van der Waals surface area contributed by atoms with E-state index in [1.165, 1.54) is 13.0 Å². The molecule has 2 fully saturated rings. The molecule has 2 rings (SSSR count). The lowest BCUT2D eigenvalue weighted by atomic mass is 9.57. The smallest absolute Gasteiger partial charge is 0.364 e. The van der Waals surface area contributed by atoms with Crippen molar-refractivity contribution in [2.75, 3.05) is 6.54 Å². The summed E-state index contributed by atoms with van der Waals surface area (Å²) in [6.07, 6.45) is 1.30. The van der Waals surface area contributed by atoms with Gasteiger partial charge in [-0.25, -0.2) is 0 Å². The van der Waals surface area contributed by atoms with E-state index < -0.39 is 0 Å². The van der Waals surface area contributed by atoms with Gasteiger partial charge in [0.05, 0.1) is 5.60 Å². The van der Waals surface area contributed by atoms with Crippen molar-refractivity contribution in [2.45, 2.75) is 59.6 Å². The molecule has 0 aromatic carbocycles. The molecule has 2 nitrogen and oxygen atoms in total. The molecule has 2 saturated heterocycles. The van der Waals surface area contributed by atoms with Crippen LogP contribution in [0.2, 0.25) is 0 Å². The average molecular weight is 209 g/mol. The number of fused-ring (bicyclic) bond motifs is 1. The Kier molecular flexibility index (Phi) is 2.30. The van der Waals surface area contributed by atoms with Crippen molar-refractivity contribution in [1.82, 2.24) is 4.81 Å². The van der Waals surface area contributed by atoms with Crippen LogP contribution >= 0.6 is 0 Å². The second kappa shape index (κ2) is 3.01. The molecule has 1 atom stereocenters. The van der Waals surface area contributed by atoms with Crippen LogP contribution in [-0.2, 0) is 4.65 Å². The van der Waals surface area contributed by atoms with Gasteiger partial charge in [0.1, 0.15) is 0 Å². The highest BCUT2D eigenvalue weighted by Gasteiger charge is 2.63. The van der Waals surface area contributed by atoms with Gasteiger partial charge in [0.25, 0.3) is 0 Å². The van der Waals surface area contributed by atoms with Crippen molar-refractivity contribution >= 4 is 7.62 Å². The largest absolute Gasteiger partial charge is 0.416 e. The number of hydrogen-bond donors (Lipinski definition) is 0. The summed E-state index contributed by atoms with van der Waals surface area (Å²) in [7, 11) is 0.833. The summed E-state index contributed by atoms with van der Waals surface area (Å²) >= 11 is 0. The fraction of sp³-hybridized carbons (Fsp3) is 1.00. The predicted octanol–water partition coefficient (Wildman–Crippen LogP) is 2.19. The highest BCUT2D eigenvalue weighted by atomic mass is 16.5. The van der Waals surface area contributed by atoms with E-state index in [1.54, 1.807) is 0 Å². The van der Waals surface area contributed by atoms with E-state index >= 15 is 0 Å². The third-order valence-corrected chi connectivity index (χ3v) is 4.29. The molecular weight excluding hydrogens is 185 g/mol. The van der Waals surface area contributed by atoms with Gasteiger partial charge in [-0.15, -0.1) is 0 Å². The van der Waals surface area contributed by atoms with Crippen LogP contribution in [0.5, 0.6) is 0 Å². The molecule has 2 heterocycles. The van der Waals surface area contributed by atoms with Crippen molar-refractivity contribution in [3.05, 3.63) is 0 Å². The monoisotopic (exact) mass is 209 g/mol. The molecule has 0 N–H and O–H groups in total. The molecule has 86 valence electrons. The summed E-state index contributed by atoms with van der Waals surface area (Å²) in [4.78, 5) is 2.48. The van der Waals surface area contributed by atoms with Gasteiger partial charge in [-0.3, -0.25) is 0 Å². The Morgan fingerprint density at radius 1 is 1.13 bits per heavy atom. The Balaban J connectivity index is 2.41. The van der Waals surface area contributed by atoms with Gasteiger partial charge >= 0.3 is 7.62 Å². The van der Waals surface area contributed by atoms with E-state index in [-0.39, 0.29) is 16.4 Å². The molecule has 1 unspecified atom stereocenters. The molecule has 0 aromatic rings. The first kappa shape index (κ1) is 11.5. The standard InChI is InChI=1S/C12H24BNO/c1-10(2,3)12(11(4,5)6)9-7-8-14(9)13-15-12/h9,13H,7-8H2,1-6H3. The maximum absolute atomic E-state index is 6.28. The van der Waals surface area contributed by atoms with Gasteiger partial charge in [-0.05, 0) is 23.8 Å². The van der Waals surface area contributed by atoms with Crippen LogP contribution in [0.15, 0.2) is 0 Å². The highest BCUT2D eigenvalue weighted by Crippen LogP contribution is 2.55. The molecule has 0 amide bonds. The van der Waals surface area contributed by atoms with Crippen molar-refractivity contribution in [3.8, 4) is 0 Å². The van der Waals surface area contributed by atoms with Gasteiger partial charge in [-0.1, -0.05) is 41.5 Å². The zero-order chi connectivity index (χ0) is 11.5. The van der Waals surface area contributed by atoms with Crippen LogP contribution in [0.4, 0.5) is 0 Å². The fourth-order valence-electron chi connectivity index (χ4n) is 3.89. The Morgan fingerprint density at radius 2 is 1.67 bits per heavy atom. The minimum atomic E-state index is 0.0122. The average Bonchev–Trinajstić information content (AvgIpc) is 2.20. The van der Waals surface area contributed by atoms with E-state index in [4.69, 9.17) is 4.65 Å². The van der Waals surface area contributed by atoms with Gasteiger partial charge in [0.2, 0.25) is 0 Å². The summed E-state index contributed by atoms with van der Waals surface area (Å²) < 4.78 is 6.28. The molecule has 0 bridgehead atoms. The van der Waals surface area contributed by atoms with Gasteiger partial charge in [0.15, 0.2) is 0 Å². The number of rotatable bonds is 0. The first-order valence-electron chi connectivity index (χ1n) is 6.08. The first-order valence-corrected chi connectivity index (χ1v) is 6.08. The normalized spacial score (nSPS) is 30.7. The molecule has 15 heavy (non-hydrogen) atoms. The molecular formula is C12H24BNO. The Morgan fingerprint density at radius 3 is 1.87 bits per heavy atom. The van der Waals surface area contributed by atoms with E-state index in [0.29, 0.717) is 6.04 Å². The van der Waals surface area contributed by atoms with Gasteiger partial charge in [-0.2, -0.15) is 0 Å². The van der Waals surface area contributed by atoms with Crippen molar-refractivity contribution in [2.24, 2.45) is 10.8 Å². The van der Waals surface area contributed by atoms with Crippen molar-refractivity contribution in [3.63, 3.8) is 0 Å². The van der Waals surface area contributed by atoms with Gasteiger partial charge < -0.3 is 9.47 Å². The fourth-order valence-corrected chi connectivity index (χ4v) is 3.89. The lowest BCUT2D eigenvalue weighted by molar-refractivity contribution is -0.137. The van der Waals surface area contributed by atoms with Gasteiger partial charge in [0, 0.05) is 6.04 Å². The maximum atomic E-state index is 6.28. The topological polar surface area (TPSA) is 12.5 Å². The zero-order valence-corrected chi connectivity index (χ0v) is 11.1. The van der Waals surface area contributed by atoms with Crippen LogP contribution in [0.3, 0.4) is 0 Å². The van der Waals surface area contributed by atoms with Crippen LogP contribution < -0.4 is 0 Å². The van der Waals surface area contributed by atoms with E-state index in [0.717, 1.165) is 7.62 Å². The first-order chi connectivity index (χ1) is 6.70. The molecule has 2 aliphatic rings. The predicted molar refractivity (Wildman–Crippen MR) is 65.0 cm³/mol. The maximum Gasteiger partial charge on any atom is 0.364 e. The van der Waals surface area contributed by atoms with Crippen LogP contribution in [0.25, 0.3) is 0 Å². The summed E-state index contributed by atoms with van der Waals surface area (Å²) in [6.45, 7) is 15.1. The quantitative estimate of drug-likeness (QED) is 0.567. The molecule has 3 heteroatoms. The second-order valence-corrected chi connectivity index (χ2v) is 7.13. The Bertz CT molecular complexity index is 250. The molecule has 0 saturated carbocycles. The molecule has 2 aliphatic heterocycles. The SMILES string of the molecule is CC(C)(C)C1(C(C)(C)C)OBN2CCC21. The third kappa shape index (κ3) is 1.32. The lowest BCUT2D eigenvalue weighted by Gasteiger charge is -2.57. The van der Waals surface area contributed by atoms with Crippen molar-refractivity contribution < 1.29 is 4.65 Å². The molecule has 0 aromatic heterocycles. The summed E-state index contributed by atoms with van der Waals surface area (Å²) in [5.74, 6) is 0. The summed E-state index contributed by atoms with van der Waals surface area (Å²) in [5.41, 5.74) is 0.411. The third-order valence-electron chi connectivity index (χ3n) is 4.29. The van der Waals surface area contributed by atoms with Crippen LogP contribution in [-0.4, -0.2) is 30.6 Å². The number of nitrogens with zero attached hydrogens (tertiary/aromatic N) is 1. The van der Waals surface area contributed by atoms with Crippen molar-refractivity contribution in [1.29, 1.82) is 0 Å². The highest BCUT2D eigenvalue weighted by molar-refractivity contribution is 6.25. The summed E-state index contributed by atoms with van der Waals surface area (Å²) in [5, 5.41) is 0. The Labute approximate surface area is 94.7 Å². The molecule has 0 aliphatic carbocycles. The van der Waals surface area contributed by atoms with E-state index in [9.17, 15) is 0 Å². The van der Waals surface area contributed by atoms with Crippen LogP contribution in [0.1, 0.15) is 48.0 Å². The summed E-state index contributed by atoms with van der Waals surface area (Å²) in [6, 6.07) is 0.637. The number of hydrogen-bond acceptors (Lipinski definition) is 2. The minimum Gasteiger partial charge on any atom is -0.416 e. The lowest BCUT2D eigenvalue weighted by Crippen LogP contribution is -2.65. The molecule has 0 spiro atoms. The second-order valence-electron chi connectivity index (χ2n) is 7.13.